The van der Waals surface area contributed by atoms with Gasteiger partial charge in [-0.25, -0.2) is 0 Å². The molecule has 0 aromatic rings. The molecule has 0 aromatic heterocycles. The topological polar surface area (TPSA) is 12.4 Å². The van der Waals surface area contributed by atoms with Crippen LogP contribution in [0.2, 0.25) is 0 Å². The summed E-state index contributed by atoms with van der Waals surface area (Å²) in [7, 11) is 0. The fraction of sp³-hybridized carbons (Fsp3) is 0.750. The molecule has 0 radical (unpaired) electrons. The normalized spacial score (nSPS) is 21.8. The number of rotatable bonds is 1. The summed E-state index contributed by atoms with van der Waals surface area (Å²) in [5, 5.41) is 0.591. The summed E-state index contributed by atoms with van der Waals surface area (Å²) in [6.45, 7) is 8.47. The van der Waals surface area contributed by atoms with Crippen molar-refractivity contribution < 1.29 is 0 Å². The predicted molar refractivity (Wildman–Crippen MR) is 64.4 cm³/mol. The number of hydrogen-bond donors (Lipinski definition) is 0. The van der Waals surface area contributed by atoms with Crippen LogP contribution in [0.25, 0.3) is 0 Å². The number of nitrogens with zero attached hydrogens (tertiary/aromatic N) is 1. The van der Waals surface area contributed by atoms with Crippen LogP contribution in [0.15, 0.2) is 4.99 Å². The first kappa shape index (κ1) is 10.5. The van der Waals surface area contributed by atoms with E-state index in [1.165, 1.54) is 0 Å². The molecular formula is C8H13NS3. The molecule has 1 heterocycles. The van der Waals surface area contributed by atoms with Crippen LogP contribution in [0.3, 0.4) is 0 Å². The van der Waals surface area contributed by atoms with Gasteiger partial charge in [0.2, 0.25) is 0 Å². The van der Waals surface area contributed by atoms with Gasteiger partial charge >= 0.3 is 0 Å². The molecule has 0 amide bonds. The van der Waals surface area contributed by atoms with Crippen molar-refractivity contribution in [3.8, 4) is 0 Å². The predicted octanol–water partition coefficient (Wildman–Crippen LogP) is 3.34. The molecule has 0 atom stereocenters. The highest BCUT2D eigenvalue weighted by molar-refractivity contribution is 8.48. The Morgan fingerprint density at radius 1 is 1.50 bits per heavy atom. The van der Waals surface area contributed by atoms with Crippen LogP contribution in [-0.4, -0.2) is 19.4 Å². The SMILES string of the molecule is CC(C)SC1=NC(C)(C)C(=S)S1. The summed E-state index contributed by atoms with van der Waals surface area (Å²) in [6.07, 6.45) is 0. The summed E-state index contributed by atoms with van der Waals surface area (Å²) >= 11 is 8.66. The quantitative estimate of drug-likeness (QED) is 0.628. The van der Waals surface area contributed by atoms with Crippen LogP contribution < -0.4 is 0 Å². The van der Waals surface area contributed by atoms with Gasteiger partial charge < -0.3 is 0 Å². The Morgan fingerprint density at radius 2 is 2.08 bits per heavy atom. The van der Waals surface area contributed by atoms with Crippen LogP contribution in [-0.2, 0) is 0 Å². The molecule has 0 saturated heterocycles. The minimum atomic E-state index is -0.128. The molecule has 0 saturated carbocycles. The average molecular weight is 219 g/mol. The Kier molecular flexibility index (Phi) is 3.23. The van der Waals surface area contributed by atoms with E-state index in [1.807, 2.05) is 0 Å². The molecule has 12 heavy (non-hydrogen) atoms. The van der Waals surface area contributed by atoms with Crippen LogP contribution in [0, 0.1) is 0 Å². The van der Waals surface area contributed by atoms with E-state index in [9.17, 15) is 0 Å². The van der Waals surface area contributed by atoms with Crippen molar-refractivity contribution in [2.24, 2.45) is 4.99 Å². The maximum atomic E-state index is 5.22. The highest BCUT2D eigenvalue weighted by Gasteiger charge is 2.31. The van der Waals surface area contributed by atoms with Crippen molar-refractivity contribution in [2.45, 2.75) is 38.5 Å². The third kappa shape index (κ3) is 2.47. The fourth-order valence-corrected chi connectivity index (χ4v) is 3.63. The van der Waals surface area contributed by atoms with E-state index >= 15 is 0 Å². The molecule has 0 fully saturated rings. The molecule has 1 nitrogen and oxygen atoms in total. The molecule has 0 bridgehead atoms. The number of hydrogen-bond acceptors (Lipinski definition) is 4. The van der Waals surface area contributed by atoms with Crippen molar-refractivity contribution in [1.82, 2.24) is 0 Å². The molecule has 68 valence electrons. The molecule has 1 aliphatic rings. The van der Waals surface area contributed by atoms with Crippen molar-refractivity contribution in [2.75, 3.05) is 0 Å². The first-order chi connectivity index (χ1) is 5.42. The van der Waals surface area contributed by atoms with Gasteiger partial charge in [-0.05, 0) is 13.8 Å². The van der Waals surface area contributed by atoms with Gasteiger partial charge in [0, 0.05) is 5.25 Å². The number of thioether (sulfide) groups is 2. The van der Waals surface area contributed by atoms with Crippen molar-refractivity contribution in [3.05, 3.63) is 0 Å². The lowest BCUT2D eigenvalue weighted by atomic mass is 10.1. The van der Waals surface area contributed by atoms with E-state index in [0.29, 0.717) is 5.25 Å². The van der Waals surface area contributed by atoms with Crippen molar-refractivity contribution in [1.29, 1.82) is 0 Å². The lowest BCUT2D eigenvalue weighted by molar-refractivity contribution is 0.730. The van der Waals surface area contributed by atoms with Gasteiger partial charge in [-0.1, -0.05) is 49.6 Å². The standard InChI is InChI=1S/C8H13NS3/c1-5(2)11-7-9-8(3,4)6(10)12-7/h5H,1-4H3. The summed E-state index contributed by atoms with van der Waals surface area (Å²) in [4.78, 5) is 4.54. The van der Waals surface area contributed by atoms with Crippen LogP contribution in [0.5, 0.6) is 0 Å². The van der Waals surface area contributed by atoms with E-state index in [2.05, 4.69) is 32.7 Å². The monoisotopic (exact) mass is 219 g/mol. The highest BCUT2D eigenvalue weighted by atomic mass is 32.2. The molecule has 0 aliphatic carbocycles. The van der Waals surface area contributed by atoms with Crippen LogP contribution in [0.1, 0.15) is 27.7 Å². The zero-order valence-electron chi connectivity index (χ0n) is 7.75. The van der Waals surface area contributed by atoms with E-state index in [1.54, 1.807) is 23.5 Å². The van der Waals surface area contributed by atoms with Gasteiger partial charge in [0.25, 0.3) is 0 Å². The third-order valence-electron chi connectivity index (χ3n) is 1.39. The summed E-state index contributed by atoms with van der Waals surface area (Å²) in [5.74, 6) is 0. The maximum absolute atomic E-state index is 5.22. The first-order valence-electron chi connectivity index (χ1n) is 3.90. The van der Waals surface area contributed by atoms with Gasteiger partial charge in [0.15, 0.2) is 0 Å². The zero-order chi connectivity index (χ0) is 9.35. The van der Waals surface area contributed by atoms with Crippen LogP contribution >= 0.6 is 35.7 Å². The Morgan fingerprint density at radius 3 is 2.42 bits per heavy atom. The first-order valence-corrected chi connectivity index (χ1v) is 6.01. The smallest absolute Gasteiger partial charge is 0.131 e. The lowest BCUT2D eigenvalue weighted by Crippen LogP contribution is -2.20. The molecule has 0 N–H and O–H groups in total. The lowest BCUT2D eigenvalue weighted by Gasteiger charge is -2.10. The van der Waals surface area contributed by atoms with Gasteiger partial charge in [0.1, 0.15) is 4.38 Å². The second-order valence-corrected chi connectivity index (χ2v) is 6.98. The minimum absolute atomic E-state index is 0.128. The average Bonchev–Trinajstić information content (AvgIpc) is 2.04. The van der Waals surface area contributed by atoms with Gasteiger partial charge in [-0.2, -0.15) is 0 Å². The van der Waals surface area contributed by atoms with Gasteiger partial charge in [-0.15, -0.1) is 0 Å². The highest BCUT2D eigenvalue weighted by Crippen LogP contribution is 2.36. The number of aliphatic imine (C=N–C) groups is 1. The summed E-state index contributed by atoms with van der Waals surface area (Å²) in [6, 6.07) is 0. The van der Waals surface area contributed by atoms with Gasteiger partial charge in [0.05, 0.1) is 9.74 Å². The molecule has 1 rings (SSSR count). The zero-order valence-corrected chi connectivity index (χ0v) is 10.2. The second-order valence-electron chi connectivity index (χ2n) is 3.49. The van der Waals surface area contributed by atoms with Crippen LogP contribution in [0.4, 0.5) is 0 Å². The van der Waals surface area contributed by atoms with Crippen molar-refractivity contribution in [3.63, 3.8) is 0 Å². The van der Waals surface area contributed by atoms with E-state index in [0.717, 1.165) is 8.57 Å². The largest absolute Gasteiger partial charge is 0.259 e. The van der Waals surface area contributed by atoms with Crippen molar-refractivity contribution >= 4 is 44.3 Å². The third-order valence-corrected chi connectivity index (χ3v) is 4.39. The summed E-state index contributed by atoms with van der Waals surface area (Å²) < 4.78 is 2.12. The summed E-state index contributed by atoms with van der Waals surface area (Å²) in [5.41, 5.74) is -0.128. The molecule has 0 aromatic carbocycles. The number of thiocarbonyl (C=S) groups is 1. The molecule has 0 spiro atoms. The Labute approximate surface area is 87.8 Å². The van der Waals surface area contributed by atoms with Gasteiger partial charge in [-0.3, -0.25) is 4.99 Å². The van der Waals surface area contributed by atoms with E-state index < -0.39 is 0 Å². The van der Waals surface area contributed by atoms with E-state index in [-0.39, 0.29) is 5.54 Å². The van der Waals surface area contributed by atoms with E-state index in [4.69, 9.17) is 12.2 Å². The molecule has 1 aliphatic heterocycles. The molecule has 0 unspecified atom stereocenters. The Bertz CT molecular complexity index is 230. The Balaban J connectivity index is 2.66. The molecular weight excluding hydrogens is 206 g/mol. The Hall–Kier alpha value is 0.460. The minimum Gasteiger partial charge on any atom is -0.259 e. The second kappa shape index (κ2) is 3.68. The fourth-order valence-electron chi connectivity index (χ4n) is 0.753. The maximum Gasteiger partial charge on any atom is 0.131 e. The molecule has 4 heteroatoms.